The molecule has 144 valence electrons. The summed E-state index contributed by atoms with van der Waals surface area (Å²) in [4.78, 5) is 26.9. The number of rotatable bonds is 6. The number of nitrogens with zero attached hydrogens (tertiary/aromatic N) is 1. The highest BCUT2D eigenvalue weighted by Gasteiger charge is 2.28. The van der Waals surface area contributed by atoms with E-state index in [1.807, 2.05) is 58.0 Å². The van der Waals surface area contributed by atoms with Gasteiger partial charge in [0.1, 0.15) is 5.82 Å². The maximum absolute atomic E-state index is 13.2. The predicted octanol–water partition coefficient (Wildman–Crippen LogP) is 4.25. The van der Waals surface area contributed by atoms with Gasteiger partial charge in [0.05, 0.1) is 12.1 Å². The van der Waals surface area contributed by atoms with Gasteiger partial charge in [-0.2, -0.15) is 0 Å². The molecule has 0 saturated heterocycles. The molecule has 2 aromatic carbocycles. The van der Waals surface area contributed by atoms with Crippen LogP contribution in [0.3, 0.4) is 0 Å². The summed E-state index contributed by atoms with van der Waals surface area (Å²) in [5.41, 5.74) is 1.74. The van der Waals surface area contributed by atoms with E-state index < -0.39 is 11.8 Å². The van der Waals surface area contributed by atoms with Crippen LogP contribution in [0.4, 0.5) is 4.39 Å². The van der Waals surface area contributed by atoms with Gasteiger partial charge in [0.25, 0.3) is 0 Å². The molecule has 0 unspecified atom stereocenters. The Hall–Kier alpha value is -2.69. The highest BCUT2D eigenvalue weighted by molar-refractivity contribution is 6.35. The van der Waals surface area contributed by atoms with Crippen molar-refractivity contribution in [3.8, 4) is 0 Å². The van der Waals surface area contributed by atoms with E-state index in [0.29, 0.717) is 6.54 Å². The Balaban J connectivity index is 2.15. The largest absolute Gasteiger partial charge is 0.341 e. The van der Waals surface area contributed by atoms with Gasteiger partial charge in [-0.05, 0) is 43.0 Å². The van der Waals surface area contributed by atoms with E-state index in [4.69, 9.17) is 0 Å². The van der Waals surface area contributed by atoms with Gasteiger partial charge < -0.3 is 10.2 Å². The van der Waals surface area contributed by atoms with Crippen LogP contribution in [0.2, 0.25) is 0 Å². The molecule has 0 spiro atoms. The van der Waals surface area contributed by atoms with Gasteiger partial charge in [0.15, 0.2) is 0 Å². The van der Waals surface area contributed by atoms with Gasteiger partial charge in [0, 0.05) is 6.54 Å². The van der Waals surface area contributed by atoms with E-state index in [-0.39, 0.29) is 23.8 Å². The summed E-state index contributed by atoms with van der Waals surface area (Å²) < 4.78 is 13.2. The molecule has 0 aliphatic rings. The van der Waals surface area contributed by atoms with Gasteiger partial charge in [-0.1, -0.05) is 56.3 Å². The number of carbonyl (C=O) groups is 2. The summed E-state index contributed by atoms with van der Waals surface area (Å²) in [6.07, 6.45) is 0. The number of likely N-dealkylation sites (N-methyl/N-ethyl adjacent to an activating group) is 1. The molecule has 4 nitrogen and oxygen atoms in total. The molecule has 2 atom stereocenters. The van der Waals surface area contributed by atoms with Crippen molar-refractivity contribution in [3.63, 3.8) is 0 Å². The Kier molecular flexibility index (Phi) is 7.11. The van der Waals surface area contributed by atoms with Crippen molar-refractivity contribution in [1.29, 1.82) is 0 Å². The Morgan fingerprint density at radius 3 is 2.07 bits per heavy atom. The van der Waals surface area contributed by atoms with Gasteiger partial charge in [0.2, 0.25) is 0 Å². The van der Waals surface area contributed by atoms with Crippen LogP contribution < -0.4 is 5.32 Å². The van der Waals surface area contributed by atoms with E-state index in [0.717, 1.165) is 11.1 Å². The topological polar surface area (TPSA) is 49.4 Å². The van der Waals surface area contributed by atoms with Crippen LogP contribution in [0.5, 0.6) is 0 Å². The number of nitrogens with one attached hydrogen (secondary N) is 1. The lowest BCUT2D eigenvalue weighted by molar-refractivity contribution is -0.147. The Labute approximate surface area is 160 Å². The molecule has 0 aliphatic heterocycles. The second kappa shape index (κ2) is 9.31. The van der Waals surface area contributed by atoms with Crippen LogP contribution in [-0.2, 0) is 9.59 Å². The van der Waals surface area contributed by atoms with Crippen molar-refractivity contribution in [1.82, 2.24) is 10.2 Å². The third kappa shape index (κ3) is 5.16. The first-order chi connectivity index (χ1) is 12.8. The molecule has 2 rings (SSSR count). The Morgan fingerprint density at radius 2 is 1.56 bits per heavy atom. The highest BCUT2D eigenvalue weighted by Crippen LogP contribution is 2.23. The number of halogens is 1. The SMILES string of the molecule is CCN(C(=O)C(=O)N[C@H](c1ccccc1)C(C)C)[C@H](C)c1ccc(F)cc1. The van der Waals surface area contributed by atoms with Crippen molar-refractivity contribution in [2.45, 2.75) is 39.8 Å². The standard InChI is InChI=1S/C22H27FN2O2/c1-5-25(16(4)17-11-13-19(23)14-12-17)22(27)21(26)24-20(15(2)3)18-9-7-6-8-10-18/h6-16,20H,5H2,1-4H3,(H,24,26)/t16-,20+/m1/s1. The lowest BCUT2D eigenvalue weighted by Crippen LogP contribution is -2.45. The summed E-state index contributed by atoms with van der Waals surface area (Å²) in [6, 6.07) is 15.0. The highest BCUT2D eigenvalue weighted by atomic mass is 19.1. The minimum atomic E-state index is -0.631. The molecule has 27 heavy (non-hydrogen) atoms. The molecule has 2 amide bonds. The van der Waals surface area contributed by atoms with Crippen molar-refractivity contribution >= 4 is 11.8 Å². The smallest absolute Gasteiger partial charge is 0.312 e. The zero-order chi connectivity index (χ0) is 20.0. The molecule has 2 aromatic rings. The second-order valence-electron chi connectivity index (χ2n) is 6.92. The zero-order valence-electron chi connectivity index (χ0n) is 16.3. The van der Waals surface area contributed by atoms with Crippen LogP contribution in [0.15, 0.2) is 54.6 Å². The van der Waals surface area contributed by atoms with Crippen LogP contribution >= 0.6 is 0 Å². The first-order valence-electron chi connectivity index (χ1n) is 9.27. The number of carbonyl (C=O) groups excluding carboxylic acids is 2. The molecule has 5 heteroatoms. The fourth-order valence-corrected chi connectivity index (χ4v) is 3.14. The van der Waals surface area contributed by atoms with Gasteiger partial charge >= 0.3 is 11.8 Å². The van der Waals surface area contributed by atoms with Gasteiger partial charge in [-0.3, -0.25) is 9.59 Å². The molecule has 0 fully saturated rings. The summed E-state index contributed by atoms with van der Waals surface area (Å²) >= 11 is 0. The van der Waals surface area contributed by atoms with E-state index in [9.17, 15) is 14.0 Å². The molecule has 0 aliphatic carbocycles. The number of hydrogen-bond donors (Lipinski definition) is 1. The molecular formula is C22H27FN2O2. The minimum Gasteiger partial charge on any atom is -0.341 e. The third-order valence-corrected chi connectivity index (χ3v) is 4.73. The zero-order valence-corrected chi connectivity index (χ0v) is 16.3. The summed E-state index contributed by atoms with van der Waals surface area (Å²) in [7, 11) is 0. The van der Waals surface area contributed by atoms with Crippen LogP contribution in [0, 0.1) is 11.7 Å². The first kappa shape index (κ1) is 20.6. The molecule has 0 aromatic heterocycles. The third-order valence-electron chi connectivity index (χ3n) is 4.73. The van der Waals surface area contributed by atoms with Crippen molar-refractivity contribution in [2.75, 3.05) is 6.54 Å². The number of hydrogen-bond acceptors (Lipinski definition) is 2. The van der Waals surface area contributed by atoms with Gasteiger partial charge in [-0.25, -0.2) is 4.39 Å². The molecule has 0 saturated carbocycles. The lowest BCUT2D eigenvalue weighted by Gasteiger charge is -2.29. The normalized spacial score (nSPS) is 13.1. The molecule has 0 heterocycles. The van der Waals surface area contributed by atoms with E-state index in [1.165, 1.54) is 17.0 Å². The maximum atomic E-state index is 13.2. The van der Waals surface area contributed by atoms with Crippen LogP contribution in [0.25, 0.3) is 0 Å². The quantitative estimate of drug-likeness (QED) is 0.773. The van der Waals surface area contributed by atoms with Crippen molar-refractivity contribution < 1.29 is 14.0 Å². The summed E-state index contributed by atoms with van der Waals surface area (Å²) in [6.45, 7) is 8.03. The van der Waals surface area contributed by atoms with Crippen molar-refractivity contribution in [2.24, 2.45) is 5.92 Å². The van der Waals surface area contributed by atoms with Crippen LogP contribution in [0.1, 0.15) is 50.9 Å². The second-order valence-corrected chi connectivity index (χ2v) is 6.92. The maximum Gasteiger partial charge on any atom is 0.312 e. The first-order valence-corrected chi connectivity index (χ1v) is 9.27. The lowest BCUT2D eigenvalue weighted by atomic mass is 9.96. The fourth-order valence-electron chi connectivity index (χ4n) is 3.14. The average Bonchev–Trinajstić information content (AvgIpc) is 2.67. The van der Waals surface area contributed by atoms with Gasteiger partial charge in [-0.15, -0.1) is 0 Å². The number of benzene rings is 2. The van der Waals surface area contributed by atoms with Crippen molar-refractivity contribution in [3.05, 3.63) is 71.5 Å². The summed E-state index contributed by atoms with van der Waals surface area (Å²) in [5, 5.41) is 2.87. The number of amides is 2. The van der Waals surface area contributed by atoms with E-state index >= 15 is 0 Å². The minimum absolute atomic E-state index is 0.133. The fraction of sp³-hybridized carbons (Fsp3) is 0.364. The van der Waals surface area contributed by atoms with Crippen LogP contribution in [-0.4, -0.2) is 23.3 Å². The summed E-state index contributed by atoms with van der Waals surface area (Å²) in [5.74, 6) is -1.42. The Morgan fingerprint density at radius 1 is 0.963 bits per heavy atom. The van der Waals surface area contributed by atoms with E-state index in [1.54, 1.807) is 12.1 Å². The average molecular weight is 370 g/mol. The molecule has 1 N–H and O–H groups in total. The molecule has 0 radical (unpaired) electrons. The monoisotopic (exact) mass is 370 g/mol. The molecule has 0 bridgehead atoms. The van der Waals surface area contributed by atoms with E-state index in [2.05, 4.69) is 5.32 Å². The predicted molar refractivity (Wildman–Crippen MR) is 104 cm³/mol. The molecular weight excluding hydrogens is 343 g/mol. The Bertz CT molecular complexity index is 760.